The van der Waals surface area contributed by atoms with E-state index in [1.807, 2.05) is 25.1 Å². The van der Waals surface area contributed by atoms with Crippen LogP contribution in [0.3, 0.4) is 0 Å². The molecule has 8 heteroatoms. The Kier molecular flexibility index (Phi) is 6.77. The van der Waals surface area contributed by atoms with Gasteiger partial charge >= 0.3 is 0 Å². The average Bonchev–Trinajstić information content (AvgIpc) is 3.29. The highest BCUT2D eigenvalue weighted by Gasteiger charge is 2.33. The van der Waals surface area contributed by atoms with Crippen LogP contribution in [-0.2, 0) is 16.3 Å². The van der Waals surface area contributed by atoms with Crippen molar-refractivity contribution < 1.29 is 13.2 Å². The second kappa shape index (κ2) is 9.72. The van der Waals surface area contributed by atoms with Crippen molar-refractivity contribution in [1.82, 2.24) is 4.98 Å². The molecule has 0 unspecified atom stereocenters. The maximum atomic E-state index is 13.1. The standard InChI is InChI=1S/C24H25N3O3S2/c1-2-30-21-9-7-18(8-10-21)15-20-17-31-24(26-20)27-13-11-22(12-14-27)32(28,29)23-6-4-3-5-19(23)16-25/h3-10,17,22H,2,11-15H2,1H3. The fourth-order valence-corrected chi connectivity index (χ4v) is 6.70. The van der Waals surface area contributed by atoms with E-state index in [1.165, 1.54) is 11.6 Å². The minimum Gasteiger partial charge on any atom is -0.494 e. The molecule has 32 heavy (non-hydrogen) atoms. The van der Waals surface area contributed by atoms with Crippen LogP contribution in [-0.4, -0.2) is 38.3 Å². The smallest absolute Gasteiger partial charge is 0.185 e. The van der Waals surface area contributed by atoms with Gasteiger partial charge in [-0.3, -0.25) is 0 Å². The number of benzene rings is 2. The van der Waals surface area contributed by atoms with E-state index in [-0.39, 0.29) is 10.5 Å². The molecule has 0 spiro atoms. The Morgan fingerprint density at radius 1 is 1.16 bits per heavy atom. The van der Waals surface area contributed by atoms with Crippen molar-refractivity contribution in [2.24, 2.45) is 0 Å². The van der Waals surface area contributed by atoms with Crippen molar-refractivity contribution >= 4 is 26.3 Å². The first-order valence-corrected chi connectivity index (χ1v) is 13.1. The molecule has 0 saturated carbocycles. The van der Waals surface area contributed by atoms with Gasteiger partial charge in [0.05, 0.1) is 28.0 Å². The number of sulfone groups is 1. The molecule has 0 aliphatic carbocycles. The number of thiazole rings is 1. The van der Waals surface area contributed by atoms with E-state index in [0.717, 1.165) is 23.0 Å². The molecule has 2 aromatic carbocycles. The van der Waals surface area contributed by atoms with E-state index < -0.39 is 15.1 Å². The van der Waals surface area contributed by atoms with Gasteiger partial charge in [0, 0.05) is 24.9 Å². The summed E-state index contributed by atoms with van der Waals surface area (Å²) in [4.78, 5) is 7.09. The van der Waals surface area contributed by atoms with Crippen LogP contribution in [0, 0.1) is 11.3 Å². The van der Waals surface area contributed by atoms with Crippen LogP contribution in [0.25, 0.3) is 0 Å². The van der Waals surface area contributed by atoms with Crippen LogP contribution in [0.4, 0.5) is 5.13 Å². The summed E-state index contributed by atoms with van der Waals surface area (Å²) < 4.78 is 31.7. The Morgan fingerprint density at radius 3 is 2.56 bits per heavy atom. The highest BCUT2D eigenvalue weighted by molar-refractivity contribution is 7.92. The average molecular weight is 468 g/mol. The number of nitriles is 1. The van der Waals surface area contributed by atoms with Crippen LogP contribution < -0.4 is 9.64 Å². The minimum absolute atomic E-state index is 0.146. The number of aromatic nitrogens is 1. The molecule has 4 rings (SSSR count). The molecule has 3 aromatic rings. The zero-order chi connectivity index (χ0) is 22.6. The number of anilines is 1. The second-order valence-corrected chi connectivity index (χ2v) is 10.7. The van der Waals surface area contributed by atoms with E-state index >= 15 is 0 Å². The lowest BCUT2D eigenvalue weighted by Crippen LogP contribution is -2.39. The fourth-order valence-electron chi connectivity index (χ4n) is 3.95. The zero-order valence-corrected chi connectivity index (χ0v) is 19.5. The van der Waals surface area contributed by atoms with Crippen molar-refractivity contribution in [2.75, 3.05) is 24.6 Å². The van der Waals surface area contributed by atoms with Crippen LogP contribution in [0.15, 0.2) is 58.8 Å². The first kappa shape index (κ1) is 22.3. The summed E-state index contributed by atoms with van der Waals surface area (Å²) in [5, 5.41) is 11.8. The molecule has 1 fully saturated rings. The molecule has 166 valence electrons. The Labute approximate surface area is 193 Å². The molecule has 1 aromatic heterocycles. The van der Waals surface area contributed by atoms with Crippen LogP contribution in [0.2, 0.25) is 0 Å². The van der Waals surface area contributed by atoms with Crippen LogP contribution >= 0.6 is 11.3 Å². The van der Waals surface area contributed by atoms with Gasteiger partial charge in [0.1, 0.15) is 11.8 Å². The van der Waals surface area contributed by atoms with Gasteiger partial charge in [0.2, 0.25) is 0 Å². The number of rotatable bonds is 7. The van der Waals surface area contributed by atoms with E-state index in [2.05, 4.69) is 22.4 Å². The lowest BCUT2D eigenvalue weighted by Gasteiger charge is -2.31. The number of nitrogens with zero attached hydrogens (tertiary/aromatic N) is 3. The fraction of sp³-hybridized carbons (Fsp3) is 0.333. The molecule has 1 aliphatic rings. The van der Waals surface area contributed by atoms with Crippen molar-refractivity contribution in [3.63, 3.8) is 0 Å². The Morgan fingerprint density at radius 2 is 1.88 bits per heavy atom. The maximum absolute atomic E-state index is 13.1. The van der Waals surface area contributed by atoms with Gasteiger partial charge in [-0.05, 0) is 49.6 Å². The molecule has 1 saturated heterocycles. The van der Waals surface area contributed by atoms with E-state index in [9.17, 15) is 13.7 Å². The predicted octanol–water partition coefficient (Wildman–Crippen LogP) is 4.45. The zero-order valence-electron chi connectivity index (χ0n) is 17.9. The number of piperidine rings is 1. The summed E-state index contributed by atoms with van der Waals surface area (Å²) in [5.74, 6) is 0.866. The third kappa shape index (κ3) is 4.79. The summed E-state index contributed by atoms with van der Waals surface area (Å²) in [5.41, 5.74) is 2.40. The van der Waals surface area contributed by atoms with E-state index in [4.69, 9.17) is 9.72 Å². The van der Waals surface area contributed by atoms with E-state index in [0.29, 0.717) is 32.5 Å². The highest BCUT2D eigenvalue weighted by Crippen LogP contribution is 2.30. The summed E-state index contributed by atoms with van der Waals surface area (Å²) in [6, 6.07) is 16.5. The second-order valence-electron chi connectivity index (χ2n) is 7.71. The molecular weight excluding hydrogens is 442 g/mol. The van der Waals surface area contributed by atoms with Gasteiger partial charge in [-0.25, -0.2) is 13.4 Å². The monoisotopic (exact) mass is 467 g/mol. The van der Waals surface area contributed by atoms with Crippen LogP contribution in [0.1, 0.15) is 36.6 Å². The van der Waals surface area contributed by atoms with Gasteiger partial charge in [0.25, 0.3) is 0 Å². The number of hydrogen-bond acceptors (Lipinski definition) is 7. The molecule has 0 bridgehead atoms. The molecule has 6 nitrogen and oxygen atoms in total. The summed E-state index contributed by atoms with van der Waals surface area (Å²) in [6.45, 7) is 3.88. The van der Waals surface area contributed by atoms with Gasteiger partial charge in [-0.1, -0.05) is 24.3 Å². The van der Waals surface area contributed by atoms with Crippen molar-refractivity contribution in [3.05, 3.63) is 70.7 Å². The van der Waals surface area contributed by atoms with Gasteiger partial charge in [-0.15, -0.1) is 11.3 Å². The third-order valence-corrected chi connectivity index (χ3v) is 8.89. The lowest BCUT2D eigenvalue weighted by atomic mass is 10.1. The topological polar surface area (TPSA) is 83.3 Å². The molecular formula is C24H25N3O3S2. The SMILES string of the molecule is CCOc1ccc(Cc2csc(N3CCC(S(=O)(=O)c4ccccc4C#N)CC3)n2)cc1. The lowest BCUT2D eigenvalue weighted by molar-refractivity contribution is 0.340. The number of ether oxygens (including phenoxy) is 1. The summed E-state index contributed by atoms with van der Waals surface area (Å²) in [7, 11) is -3.53. The Balaban J connectivity index is 1.39. The molecule has 0 atom stereocenters. The molecule has 2 heterocycles. The normalized spacial score (nSPS) is 14.8. The molecule has 0 amide bonds. The first-order valence-electron chi connectivity index (χ1n) is 10.7. The van der Waals surface area contributed by atoms with E-state index in [1.54, 1.807) is 29.5 Å². The number of hydrogen-bond donors (Lipinski definition) is 0. The minimum atomic E-state index is -3.53. The first-order chi connectivity index (χ1) is 15.5. The van der Waals surface area contributed by atoms with Gasteiger partial charge in [-0.2, -0.15) is 5.26 Å². The quantitative estimate of drug-likeness (QED) is 0.511. The summed E-state index contributed by atoms with van der Waals surface area (Å²) in [6.07, 6.45) is 1.80. The van der Waals surface area contributed by atoms with Crippen LogP contribution in [0.5, 0.6) is 5.75 Å². The summed E-state index contributed by atoms with van der Waals surface area (Å²) >= 11 is 1.60. The molecule has 0 N–H and O–H groups in total. The molecule has 0 radical (unpaired) electrons. The third-order valence-electron chi connectivity index (χ3n) is 5.62. The largest absolute Gasteiger partial charge is 0.494 e. The highest BCUT2D eigenvalue weighted by atomic mass is 32.2. The van der Waals surface area contributed by atoms with Crippen molar-refractivity contribution in [3.8, 4) is 11.8 Å². The maximum Gasteiger partial charge on any atom is 0.185 e. The van der Waals surface area contributed by atoms with Crippen molar-refractivity contribution in [1.29, 1.82) is 5.26 Å². The van der Waals surface area contributed by atoms with Crippen molar-refractivity contribution in [2.45, 2.75) is 36.3 Å². The molecule has 1 aliphatic heterocycles. The Bertz CT molecular complexity index is 1210. The van der Waals surface area contributed by atoms with Gasteiger partial charge < -0.3 is 9.64 Å². The predicted molar refractivity (Wildman–Crippen MR) is 126 cm³/mol. The Hall–Kier alpha value is -2.89. The van der Waals surface area contributed by atoms with Gasteiger partial charge in [0.15, 0.2) is 15.0 Å².